The zero-order valence-electron chi connectivity index (χ0n) is 10.6. The summed E-state index contributed by atoms with van der Waals surface area (Å²) in [6.07, 6.45) is 0.139. The van der Waals surface area contributed by atoms with Gasteiger partial charge in [-0.3, -0.25) is 0 Å². The van der Waals surface area contributed by atoms with Gasteiger partial charge in [-0.1, -0.05) is 29.4 Å². The molecule has 0 aromatic heterocycles. The van der Waals surface area contributed by atoms with Crippen LogP contribution in [-0.2, 0) is 4.79 Å². The molecule has 2 atom stereocenters. The number of nitrogens with zero attached hydrogens (tertiary/aromatic N) is 3. The molecule has 0 aliphatic heterocycles. The van der Waals surface area contributed by atoms with Gasteiger partial charge in [0.05, 0.1) is 6.10 Å². The highest BCUT2D eigenvalue weighted by Gasteiger charge is 2.19. The molecule has 0 spiro atoms. The maximum atomic E-state index is 10.5. The largest absolute Gasteiger partial charge is 0.478 e. The van der Waals surface area contributed by atoms with Crippen molar-refractivity contribution in [3.05, 3.63) is 51.9 Å². The first-order valence-electron chi connectivity index (χ1n) is 5.93. The van der Waals surface area contributed by atoms with Gasteiger partial charge < -0.3 is 15.3 Å². The molecule has 7 nitrogen and oxygen atoms in total. The summed E-state index contributed by atoms with van der Waals surface area (Å²) < 4.78 is 0. The number of carboxylic acids is 1. The first kappa shape index (κ1) is 15.7. The number of carboxylic acid groups (broad SMARTS) is 1. The SMILES string of the molecule is [N-]=[N+]=NCCC(O)C(O)c1ccccc1/C=C/C(=O)O. The molecule has 0 saturated heterocycles. The minimum Gasteiger partial charge on any atom is -0.478 e. The Morgan fingerprint density at radius 2 is 2.10 bits per heavy atom. The van der Waals surface area contributed by atoms with Crippen molar-refractivity contribution in [1.29, 1.82) is 0 Å². The number of aliphatic hydroxyl groups is 2. The zero-order chi connectivity index (χ0) is 15.0. The van der Waals surface area contributed by atoms with Crippen LogP contribution in [0.3, 0.4) is 0 Å². The molecule has 1 aromatic rings. The molecular weight excluding hydrogens is 262 g/mol. The molecule has 7 heteroatoms. The third-order valence-electron chi connectivity index (χ3n) is 2.67. The molecule has 1 aromatic carbocycles. The number of benzene rings is 1. The molecular formula is C13H15N3O4. The van der Waals surface area contributed by atoms with Crippen molar-refractivity contribution in [1.82, 2.24) is 0 Å². The van der Waals surface area contributed by atoms with Crippen molar-refractivity contribution in [3.8, 4) is 0 Å². The van der Waals surface area contributed by atoms with E-state index in [1.54, 1.807) is 24.3 Å². The van der Waals surface area contributed by atoms with Crippen LogP contribution in [0.2, 0.25) is 0 Å². The van der Waals surface area contributed by atoms with E-state index in [2.05, 4.69) is 10.0 Å². The van der Waals surface area contributed by atoms with Crippen LogP contribution in [0.25, 0.3) is 16.5 Å². The Balaban J connectivity index is 2.88. The molecule has 0 aliphatic rings. The van der Waals surface area contributed by atoms with Crippen LogP contribution in [0.4, 0.5) is 0 Å². The van der Waals surface area contributed by atoms with Gasteiger partial charge in [0.25, 0.3) is 0 Å². The first-order valence-corrected chi connectivity index (χ1v) is 5.93. The van der Waals surface area contributed by atoms with Crippen LogP contribution in [0.15, 0.2) is 35.5 Å². The molecule has 2 unspecified atom stereocenters. The minimum atomic E-state index is -1.18. The van der Waals surface area contributed by atoms with E-state index in [0.717, 1.165) is 6.08 Å². The summed E-state index contributed by atoms with van der Waals surface area (Å²) in [6, 6.07) is 6.61. The fourth-order valence-corrected chi connectivity index (χ4v) is 1.69. The van der Waals surface area contributed by atoms with E-state index in [9.17, 15) is 15.0 Å². The third-order valence-corrected chi connectivity index (χ3v) is 2.67. The monoisotopic (exact) mass is 277 g/mol. The Morgan fingerprint density at radius 3 is 2.75 bits per heavy atom. The van der Waals surface area contributed by atoms with E-state index in [-0.39, 0.29) is 13.0 Å². The Morgan fingerprint density at radius 1 is 1.40 bits per heavy atom. The van der Waals surface area contributed by atoms with Gasteiger partial charge in [-0.05, 0) is 29.2 Å². The fraction of sp³-hybridized carbons (Fsp3) is 0.308. The van der Waals surface area contributed by atoms with Gasteiger partial charge in [0.1, 0.15) is 6.10 Å². The van der Waals surface area contributed by atoms with Crippen LogP contribution >= 0.6 is 0 Å². The number of aliphatic carboxylic acids is 1. The average Bonchev–Trinajstić information content (AvgIpc) is 2.44. The van der Waals surface area contributed by atoms with Crippen molar-refractivity contribution in [3.63, 3.8) is 0 Å². The normalized spacial score (nSPS) is 13.7. The lowest BCUT2D eigenvalue weighted by Crippen LogP contribution is -2.19. The molecule has 0 saturated carbocycles. The summed E-state index contributed by atoms with van der Waals surface area (Å²) in [7, 11) is 0. The molecule has 106 valence electrons. The van der Waals surface area contributed by atoms with Gasteiger partial charge in [0.15, 0.2) is 0 Å². The summed E-state index contributed by atoms with van der Waals surface area (Å²) in [4.78, 5) is 13.1. The van der Waals surface area contributed by atoms with Crippen LogP contribution < -0.4 is 0 Å². The molecule has 0 fully saturated rings. The Hall–Kier alpha value is -2.34. The van der Waals surface area contributed by atoms with Gasteiger partial charge in [0, 0.05) is 17.5 Å². The van der Waals surface area contributed by atoms with Crippen molar-refractivity contribution < 1.29 is 20.1 Å². The van der Waals surface area contributed by atoms with Crippen LogP contribution in [0, 0.1) is 0 Å². The molecule has 3 N–H and O–H groups in total. The summed E-state index contributed by atoms with van der Waals surface area (Å²) in [5, 5.41) is 31.8. The van der Waals surface area contributed by atoms with Crippen molar-refractivity contribution in [2.45, 2.75) is 18.6 Å². The Kier molecular flexibility index (Phi) is 6.25. The zero-order valence-corrected chi connectivity index (χ0v) is 10.6. The molecule has 0 radical (unpaired) electrons. The van der Waals surface area contributed by atoms with Gasteiger partial charge in [-0.15, -0.1) is 0 Å². The summed E-state index contributed by atoms with van der Waals surface area (Å²) >= 11 is 0. The average molecular weight is 277 g/mol. The maximum absolute atomic E-state index is 10.5. The molecule has 1 rings (SSSR count). The quantitative estimate of drug-likeness (QED) is 0.304. The van der Waals surface area contributed by atoms with E-state index in [0.29, 0.717) is 11.1 Å². The van der Waals surface area contributed by atoms with Gasteiger partial charge >= 0.3 is 5.97 Å². The van der Waals surface area contributed by atoms with E-state index in [1.807, 2.05) is 0 Å². The Bertz CT molecular complexity index is 538. The highest BCUT2D eigenvalue weighted by Crippen LogP contribution is 2.23. The second-order valence-electron chi connectivity index (χ2n) is 4.06. The topological polar surface area (TPSA) is 127 Å². The first-order chi connectivity index (χ1) is 9.56. The van der Waals surface area contributed by atoms with Crippen LogP contribution in [0.1, 0.15) is 23.7 Å². The predicted molar refractivity (Wildman–Crippen MR) is 72.7 cm³/mol. The summed E-state index contributed by atoms with van der Waals surface area (Å²) in [5.74, 6) is -1.10. The standard InChI is InChI=1S/C13H15N3O4/c14-16-15-8-7-11(17)13(20)10-4-2-1-3-9(10)5-6-12(18)19/h1-6,11,13,17,20H,7-8H2,(H,18,19)/b6-5+. The van der Waals surface area contributed by atoms with Crippen molar-refractivity contribution in [2.75, 3.05) is 6.54 Å². The number of hydrogen-bond acceptors (Lipinski definition) is 4. The number of aliphatic hydroxyl groups excluding tert-OH is 2. The van der Waals surface area contributed by atoms with Crippen molar-refractivity contribution >= 4 is 12.0 Å². The van der Waals surface area contributed by atoms with Gasteiger partial charge in [-0.25, -0.2) is 4.79 Å². The lowest BCUT2D eigenvalue weighted by Gasteiger charge is -2.19. The van der Waals surface area contributed by atoms with Crippen LogP contribution in [0.5, 0.6) is 0 Å². The third kappa shape index (κ3) is 4.74. The summed E-state index contributed by atoms with van der Waals surface area (Å²) in [5.41, 5.74) is 9.07. The van der Waals surface area contributed by atoms with E-state index >= 15 is 0 Å². The molecule has 0 bridgehead atoms. The molecule has 20 heavy (non-hydrogen) atoms. The smallest absolute Gasteiger partial charge is 0.328 e. The lowest BCUT2D eigenvalue weighted by molar-refractivity contribution is -0.131. The lowest BCUT2D eigenvalue weighted by atomic mass is 9.97. The van der Waals surface area contributed by atoms with E-state index in [4.69, 9.17) is 10.6 Å². The minimum absolute atomic E-state index is 0.0713. The van der Waals surface area contributed by atoms with Gasteiger partial charge in [-0.2, -0.15) is 0 Å². The fourth-order valence-electron chi connectivity index (χ4n) is 1.69. The number of rotatable bonds is 7. The molecule has 0 amide bonds. The van der Waals surface area contributed by atoms with Crippen molar-refractivity contribution in [2.24, 2.45) is 5.11 Å². The summed E-state index contributed by atoms with van der Waals surface area (Å²) in [6.45, 7) is 0.0713. The second kappa shape index (κ2) is 7.96. The maximum Gasteiger partial charge on any atom is 0.328 e. The molecule has 0 heterocycles. The number of hydrogen-bond donors (Lipinski definition) is 3. The predicted octanol–water partition coefficient (Wildman–Crippen LogP) is 1.88. The number of carbonyl (C=O) groups is 1. The highest BCUT2D eigenvalue weighted by molar-refractivity contribution is 5.85. The second-order valence-corrected chi connectivity index (χ2v) is 4.06. The number of azide groups is 1. The van der Waals surface area contributed by atoms with Crippen LogP contribution in [-0.4, -0.2) is 33.9 Å². The Labute approximate surface area is 115 Å². The van der Waals surface area contributed by atoms with E-state index in [1.165, 1.54) is 6.08 Å². The van der Waals surface area contributed by atoms with Gasteiger partial charge in [0.2, 0.25) is 0 Å². The highest BCUT2D eigenvalue weighted by atomic mass is 16.4. The van der Waals surface area contributed by atoms with E-state index < -0.39 is 18.2 Å². The molecule has 0 aliphatic carbocycles.